The molecule has 9 nitrogen and oxygen atoms in total. The lowest BCUT2D eigenvalue weighted by Gasteiger charge is -2.07. The Bertz CT molecular complexity index is 1200. The van der Waals surface area contributed by atoms with Gasteiger partial charge in [0.2, 0.25) is 0 Å². The minimum absolute atomic E-state index is 0.159. The quantitative estimate of drug-likeness (QED) is 0.475. The van der Waals surface area contributed by atoms with Crippen LogP contribution in [0.2, 0.25) is 0 Å². The van der Waals surface area contributed by atoms with Crippen LogP contribution in [0.15, 0.2) is 64.6 Å². The SMILES string of the molecule is O=C(NCCn1ncc2c(=O)n(Cc3ccc(Br)cc3)cnc21)c1cnccn1. The molecule has 10 heteroatoms. The first-order valence-electron chi connectivity index (χ1n) is 8.81. The van der Waals surface area contributed by atoms with Gasteiger partial charge in [-0.15, -0.1) is 0 Å². The molecule has 0 unspecified atom stereocenters. The topological polar surface area (TPSA) is 108 Å². The van der Waals surface area contributed by atoms with Crippen molar-refractivity contribution >= 4 is 32.9 Å². The van der Waals surface area contributed by atoms with Gasteiger partial charge in [-0.3, -0.25) is 19.1 Å². The number of carbonyl (C=O) groups is 1. The Balaban J connectivity index is 1.46. The molecule has 3 aromatic heterocycles. The molecule has 29 heavy (non-hydrogen) atoms. The van der Waals surface area contributed by atoms with Gasteiger partial charge in [-0.1, -0.05) is 28.1 Å². The zero-order valence-corrected chi connectivity index (χ0v) is 16.8. The molecule has 1 N–H and O–H groups in total. The standard InChI is InChI=1S/C19H16BrN7O2/c20-14-3-1-13(2-4-14)11-26-12-24-17-15(19(26)29)9-25-27(17)8-7-23-18(28)16-10-21-5-6-22-16/h1-6,9-10,12H,7-8,11H2,(H,23,28). The van der Waals surface area contributed by atoms with Crippen molar-refractivity contribution in [3.05, 3.63) is 81.5 Å². The number of benzene rings is 1. The molecule has 4 rings (SSSR count). The Morgan fingerprint density at radius 1 is 1.10 bits per heavy atom. The Labute approximate surface area is 173 Å². The van der Waals surface area contributed by atoms with Crippen molar-refractivity contribution in [2.24, 2.45) is 0 Å². The van der Waals surface area contributed by atoms with E-state index in [2.05, 4.69) is 41.3 Å². The average molecular weight is 454 g/mol. The average Bonchev–Trinajstić information content (AvgIpc) is 3.16. The monoisotopic (exact) mass is 453 g/mol. The van der Waals surface area contributed by atoms with Crippen LogP contribution < -0.4 is 10.9 Å². The van der Waals surface area contributed by atoms with E-state index >= 15 is 0 Å². The Morgan fingerprint density at radius 2 is 1.93 bits per heavy atom. The summed E-state index contributed by atoms with van der Waals surface area (Å²) in [5.74, 6) is -0.320. The van der Waals surface area contributed by atoms with Gasteiger partial charge in [-0.05, 0) is 17.7 Å². The van der Waals surface area contributed by atoms with Gasteiger partial charge in [-0.2, -0.15) is 5.10 Å². The van der Waals surface area contributed by atoms with Gasteiger partial charge in [0.25, 0.3) is 11.5 Å². The fraction of sp³-hybridized carbons (Fsp3) is 0.158. The number of nitrogens with one attached hydrogen (secondary N) is 1. The predicted octanol–water partition coefficient (Wildman–Crippen LogP) is 1.62. The van der Waals surface area contributed by atoms with Crippen LogP contribution in [0, 0.1) is 0 Å². The molecule has 4 aromatic rings. The molecule has 0 radical (unpaired) electrons. The summed E-state index contributed by atoms with van der Waals surface area (Å²) >= 11 is 3.40. The maximum absolute atomic E-state index is 12.8. The molecule has 0 spiro atoms. The summed E-state index contributed by atoms with van der Waals surface area (Å²) in [7, 11) is 0. The van der Waals surface area contributed by atoms with Crippen LogP contribution in [0.1, 0.15) is 16.1 Å². The Morgan fingerprint density at radius 3 is 2.69 bits per heavy atom. The zero-order valence-electron chi connectivity index (χ0n) is 15.2. The third kappa shape index (κ3) is 4.21. The molecule has 0 aliphatic heterocycles. The van der Waals surface area contributed by atoms with Crippen molar-refractivity contribution in [1.82, 2.24) is 34.6 Å². The highest BCUT2D eigenvalue weighted by atomic mass is 79.9. The fourth-order valence-corrected chi connectivity index (χ4v) is 3.11. The van der Waals surface area contributed by atoms with Crippen LogP contribution in [0.4, 0.5) is 0 Å². The number of aromatic nitrogens is 6. The molecule has 1 aromatic carbocycles. The molecular formula is C19H16BrN7O2. The summed E-state index contributed by atoms with van der Waals surface area (Å²) in [4.78, 5) is 37.0. The van der Waals surface area contributed by atoms with Crippen LogP contribution in [0.3, 0.4) is 0 Å². The number of fused-ring (bicyclic) bond motifs is 1. The van der Waals surface area contributed by atoms with Crippen molar-refractivity contribution in [1.29, 1.82) is 0 Å². The normalized spacial score (nSPS) is 10.9. The fourth-order valence-electron chi connectivity index (χ4n) is 2.84. The molecular weight excluding hydrogens is 438 g/mol. The summed E-state index contributed by atoms with van der Waals surface area (Å²) in [6.45, 7) is 1.11. The maximum Gasteiger partial charge on any atom is 0.271 e. The molecule has 0 bridgehead atoms. The van der Waals surface area contributed by atoms with Gasteiger partial charge < -0.3 is 5.32 Å². The summed E-state index contributed by atoms with van der Waals surface area (Å²) < 4.78 is 4.13. The second-order valence-corrected chi connectivity index (χ2v) is 7.17. The third-order valence-electron chi connectivity index (χ3n) is 4.29. The molecule has 0 aliphatic carbocycles. The number of hydrogen-bond donors (Lipinski definition) is 1. The molecule has 0 fully saturated rings. The van der Waals surface area contributed by atoms with E-state index < -0.39 is 0 Å². The second-order valence-electron chi connectivity index (χ2n) is 6.26. The van der Waals surface area contributed by atoms with E-state index in [1.165, 1.54) is 31.1 Å². The van der Waals surface area contributed by atoms with E-state index in [9.17, 15) is 9.59 Å². The summed E-state index contributed by atoms with van der Waals surface area (Å²) in [5.41, 5.74) is 1.56. The third-order valence-corrected chi connectivity index (χ3v) is 4.82. The lowest BCUT2D eigenvalue weighted by atomic mass is 10.2. The molecule has 0 saturated heterocycles. The first-order valence-corrected chi connectivity index (χ1v) is 9.61. The van der Waals surface area contributed by atoms with E-state index in [-0.39, 0.29) is 17.2 Å². The Kier molecular flexibility index (Phi) is 5.43. The number of halogens is 1. The Hall–Kier alpha value is -3.40. The molecule has 0 aliphatic rings. The minimum Gasteiger partial charge on any atom is -0.349 e. The van der Waals surface area contributed by atoms with Gasteiger partial charge in [0.15, 0.2) is 5.65 Å². The van der Waals surface area contributed by atoms with Crippen LogP contribution >= 0.6 is 15.9 Å². The maximum atomic E-state index is 12.8. The van der Waals surface area contributed by atoms with Crippen LogP contribution in [0.5, 0.6) is 0 Å². The van der Waals surface area contributed by atoms with Gasteiger partial charge >= 0.3 is 0 Å². The second kappa shape index (κ2) is 8.31. The number of nitrogens with zero attached hydrogens (tertiary/aromatic N) is 6. The zero-order chi connectivity index (χ0) is 20.2. The molecule has 0 atom stereocenters. The van der Waals surface area contributed by atoms with Gasteiger partial charge in [-0.25, -0.2) is 14.6 Å². The van der Waals surface area contributed by atoms with Gasteiger partial charge in [0.1, 0.15) is 17.4 Å². The van der Waals surface area contributed by atoms with Crippen molar-refractivity contribution in [2.45, 2.75) is 13.1 Å². The van der Waals surface area contributed by atoms with E-state index in [0.717, 1.165) is 10.0 Å². The number of rotatable bonds is 6. The summed E-state index contributed by atoms with van der Waals surface area (Å²) in [6, 6.07) is 7.76. The highest BCUT2D eigenvalue weighted by Crippen LogP contribution is 2.12. The van der Waals surface area contributed by atoms with Crippen LogP contribution in [0.25, 0.3) is 11.0 Å². The molecule has 3 heterocycles. The molecule has 1 amide bonds. The van der Waals surface area contributed by atoms with Gasteiger partial charge in [0.05, 0.1) is 25.5 Å². The lowest BCUT2D eigenvalue weighted by Crippen LogP contribution is -2.28. The number of amides is 1. The molecule has 146 valence electrons. The van der Waals surface area contributed by atoms with Crippen molar-refractivity contribution in [2.75, 3.05) is 6.54 Å². The van der Waals surface area contributed by atoms with Crippen LogP contribution in [-0.2, 0) is 13.1 Å². The van der Waals surface area contributed by atoms with E-state index in [0.29, 0.717) is 30.7 Å². The minimum atomic E-state index is -0.320. The van der Waals surface area contributed by atoms with E-state index in [4.69, 9.17) is 0 Å². The number of carbonyl (C=O) groups excluding carboxylic acids is 1. The first kappa shape index (κ1) is 18.9. The summed E-state index contributed by atoms with van der Waals surface area (Å²) in [6.07, 6.45) is 7.38. The number of hydrogen-bond acceptors (Lipinski definition) is 6. The van der Waals surface area contributed by atoms with Crippen molar-refractivity contribution < 1.29 is 4.79 Å². The van der Waals surface area contributed by atoms with E-state index in [1.54, 1.807) is 9.25 Å². The molecule has 0 saturated carbocycles. The van der Waals surface area contributed by atoms with Crippen molar-refractivity contribution in [3.8, 4) is 0 Å². The highest BCUT2D eigenvalue weighted by Gasteiger charge is 2.11. The first-order chi connectivity index (χ1) is 14.1. The predicted molar refractivity (Wildman–Crippen MR) is 109 cm³/mol. The van der Waals surface area contributed by atoms with Gasteiger partial charge in [0, 0.05) is 23.4 Å². The highest BCUT2D eigenvalue weighted by molar-refractivity contribution is 9.10. The largest absolute Gasteiger partial charge is 0.349 e. The summed E-state index contributed by atoms with van der Waals surface area (Å²) in [5, 5.41) is 7.42. The van der Waals surface area contributed by atoms with E-state index in [1.807, 2.05) is 24.3 Å². The van der Waals surface area contributed by atoms with Crippen LogP contribution in [-0.4, -0.2) is 41.8 Å². The smallest absolute Gasteiger partial charge is 0.271 e. The van der Waals surface area contributed by atoms with Crippen molar-refractivity contribution in [3.63, 3.8) is 0 Å². The lowest BCUT2D eigenvalue weighted by molar-refractivity contribution is 0.0946.